The monoisotopic (exact) mass is 242 g/mol. The molecule has 1 amide bonds. The molecule has 1 aromatic rings. The van der Waals surface area contributed by atoms with Gasteiger partial charge in [0.15, 0.2) is 5.82 Å². The molecule has 0 aliphatic carbocycles. The molecule has 1 aliphatic heterocycles. The van der Waals surface area contributed by atoms with Crippen molar-refractivity contribution in [1.82, 2.24) is 9.97 Å². The molecule has 2 rings (SSSR count). The first-order valence-electron chi connectivity index (χ1n) is 4.72. The zero-order valence-corrected chi connectivity index (χ0v) is 9.63. The van der Waals surface area contributed by atoms with E-state index in [-0.39, 0.29) is 17.8 Å². The highest BCUT2D eigenvalue weighted by molar-refractivity contribution is 6.28. The quantitative estimate of drug-likeness (QED) is 0.751. The van der Waals surface area contributed by atoms with Gasteiger partial charge < -0.3 is 15.4 Å². The van der Waals surface area contributed by atoms with Gasteiger partial charge >= 0.3 is 0 Å². The number of aryl methyl sites for hydroxylation is 1. The van der Waals surface area contributed by atoms with Gasteiger partial charge in [-0.3, -0.25) is 4.79 Å². The second-order valence-corrected chi connectivity index (χ2v) is 3.78. The third kappa shape index (κ3) is 1.94. The predicted molar refractivity (Wildman–Crippen MR) is 59.7 cm³/mol. The van der Waals surface area contributed by atoms with Gasteiger partial charge in [0.1, 0.15) is 11.7 Å². The summed E-state index contributed by atoms with van der Waals surface area (Å²) in [5.74, 6) is 0.363. The van der Waals surface area contributed by atoms with E-state index in [1.807, 2.05) is 0 Å². The Bertz CT molecular complexity index is 438. The van der Waals surface area contributed by atoms with Crippen LogP contribution < -0.4 is 10.6 Å². The molecule has 0 fully saturated rings. The third-order valence-corrected chi connectivity index (χ3v) is 2.44. The summed E-state index contributed by atoms with van der Waals surface area (Å²) in [7, 11) is 1.53. The number of carbonyl (C=O) groups excluding carboxylic acids is 1. The molecule has 2 heterocycles. The van der Waals surface area contributed by atoms with Crippen molar-refractivity contribution in [3.63, 3.8) is 0 Å². The zero-order valence-electron chi connectivity index (χ0n) is 8.87. The summed E-state index contributed by atoms with van der Waals surface area (Å²) < 4.78 is 4.93. The van der Waals surface area contributed by atoms with Gasteiger partial charge in [-0.15, -0.1) is 0 Å². The van der Waals surface area contributed by atoms with Gasteiger partial charge in [-0.05, 0) is 18.5 Å². The van der Waals surface area contributed by atoms with Crippen LogP contribution in [0.2, 0.25) is 5.28 Å². The average Bonchev–Trinajstić information content (AvgIpc) is 2.21. The lowest BCUT2D eigenvalue weighted by Crippen LogP contribution is -2.42. The normalized spacial score (nSPS) is 18.7. The number of amides is 1. The highest BCUT2D eigenvalue weighted by Crippen LogP contribution is 2.28. The Morgan fingerprint density at radius 1 is 1.50 bits per heavy atom. The fourth-order valence-corrected chi connectivity index (χ4v) is 1.73. The Balaban J connectivity index is 2.35. The van der Waals surface area contributed by atoms with Crippen molar-refractivity contribution in [1.29, 1.82) is 0 Å². The minimum atomic E-state index is -0.456. The number of carbonyl (C=O) groups is 1. The number of fused-ring (bicyclic) bond motifs is 1. The molecule has 6 nitrogen and oxygen atoms in total. The molecule has 0 bridgehead atoms. The molecule has 0 radical (unpaired) electrons. The van der Waals surface area contributed by atoms with Crippen LogP contribution in [-0.2, 0) is 9.53 Å². The molecular formula is C9H11ClN4O2. The largest absolute Gasteiger partial charge is 0.382 e. The van der Waals surface area contributed by atoms with Crippen LogP contribution in [-0.4, -0.2) is 35.6 Å². The molecule has 86 valence electrons. The van der Waals surface area contributed by atoms with Crippen molar-refractivity contribution in [3.8, 4) is 0 Å². The number of hydrogen-bond donors (Lipinski definition) is 2. The summed E-state index contributed by atoms with van der Waals surface area (Å²) in [6.07, 6.45) is 0. The van der Waals surface area contributed by atoms with Crippen molar-refractivity contribution < 1.29 is 9.53 Å². The Morgan fingerprint density at radius 3 is 2.94 bits per heavy atom. The maximum Gasteiger partial charge on any atom is 0.249 e. The van der Waals surface area contributed by atoms with Gasteiger partial charge in [-0.2, -0.15) is 4.98 Å². The van der Waals surface area contributed by atoms with E-state index < -0.39 is 6.04 Å². The molecule has 7 heteroatoms. The smallest absolute Gasteiger partial charge is 0.249 e. The lowest BCUT2D eigenvalue weighted by atomic mass is 10.2. The minimum Gasteiger partial charge on any atom is -0.382 e. The number of aromatic nitrogens is 2. The first-order valence-corrected chi connectivity index (χ1v) is 5.10. The Labute approximate surface area is 97.4 Å². The van der Waals surface area contributed by atoms with Crippen LogP contribution in [0.5, 0.6) is 0 Å². The number of nitrogens with zero attached hydrogens (tertiary/aromatic N) is 2. The maximum absolute atomic E-state index is 11.6. The SMILES string of the molecule is COCC1Nc2nc(Cl)nc(C)c2NC1=O. The van der Waals surface area contributed by atoms with Crippen molar-refractivity contribution in [3.05, 3.63) is 11.0 Å². The number of nitrogens with one attached hydrogen (secondary N) is 2. The summed E-state index contributed by atoms with van der Waals surface area (Å²) in [6.45, 7) is 2.02. The van der Waals surface area contributed by atoms with E-state index >= 15 is 0 Å². The zero-order chi connectivity index (χ0) is 11.7. The van der Waals surface area contributed by atoms with Gasteiger partial charge in [-0.1, -0.05) is 0 Å². The molecule has 1 unspecified atom stereocenters. The minimum absolute atomic E-state index is 0.149. The standard InChI is InChI=1S/C9H11ClN4O2/c1-4-6-7(14-9(10)11-4)12-5(3-16-2)8(15)13-6/h5H,3H2,1-2H3,(H,13,15)(H,11,12,14). The number of ether oxygens (including phenoxy) is 1. The molecule has 0 aromatic carbocycles. The topological polar surface area (TPSA) is 76.1 Å². The van der Waals surface area contributed by atoms with Crippen molar-refractivity contribution in [2.75, 3.05) is 24.4 Å². The molecule has 1 aliphatic rings. The Kier molecular flexibility index (Phi) is 2.93. The van der Waals surface area contributed by atoms with E-state index in [4.69, 9.17) is 16.3 Å². The molecule has 16 heavy (non-hydrogen) atoms. The summed E-state index contributed by atoms with van der Waals surface area (Å²) in [5.41, 5.74) is 1.20. The first-order chi connectivity index (χ1) is 7.61. The van der Waals surface area contributed by atoms with Crippen LogP contribution in [0.3, 0.4) is 0 Å². The van der Waals surface area contributed by atoms with Crippen LogP contribution in [0.25, 0.3) is 0 Å². The molecule has 1 atom stereocenters. The molecule has 0 saturated carbocycles. The second-order valence-electron chi connectivity index (χ2n) is 3.44. The Morgan fingerprint density at radius 2 is 2.25 bits per heavy atom. The molecule has 1 aromatic heterocycles. The van der Waals surface area contributed by atoms with Crippen molar-refractivity contribution in [2.45, 2.75) is 13.0 Å². The van der Waals surface area contributed by atoms with E-state index in [1.54, 1.807) is 6.92 Å². The van der Waals surface area contributed by atoms with Gasteiger partial charge in [0, 0.05) is 7.11 Å². The summed E-state index contributed by atoms with van der Waals surface area (Å²) in [5, 5.41) is 5.83. The number of rotatable bonds is 2. The van der Waals surface area contributed by atoms with Gasteiger partial charge in [0.25, 0.3) is 0 Å². The first kappa shape index (κ1) is 11.1. The van der Waals surface area contributed by atoms with Crippen LogP contribution in [0.4, 0.5) is 11.5 Å². The predicted octanol–water partition coefficient (Wildman–Crippen LogP) is 0.817. The Hall–Kier alpha value is -1.40. The van der Waals surface area contributed by atoms with Gasteiger partial charge in [0.05, 0.1) is 12.3 Å². The maximum atomic E-state index is 11.6. The average molecular weight is 243 g/mol. The van der Waals surface area contributed by atoms with E-state index in [0.717, 1.165) is 0 Å². The van der Waals surface area contributed by atoms with Gasteiger partial charge in [-0.25, -0.2) is 4.98 Å². The fraction of sp³-hybridized carbons (Fsp3) is 0.444. The lowest BCUT2D eigenvalue weighted by molar-refractivity contribution is -0.118. The highest BCUT2D eigenvalue weighted by atomic mass is 35.5. The number of anilines is 2. The van der Waals surface area contributed by atoms with Crippen LogP contribution >= 0.6 is 11.6 Å². The molecule has 2 N–H and O–H groups in total. The van der Waals surface area contributed by atoms with Crippen molar-refractivity contribution >= 4 is 29.0 Å². The second kappa shape index (κ2) is 4.23. The van der Waals surface area contributed by atoms with Crippen LogP contribution in [0.15, 0.2) is 0 Å². The molecule has 0 saturated heterocycles. The lowest BCUT2D eigenvalue weighted by Gasteiger charge is -2.26. The van der Waals surface area contributed by atoms with E-state index in [1.165, 1.54) is 7.11 Å². The third-order valence-electron chi connectivity index (χ3n) is 2.27. The van der Waals surface area contributed by atoms with E-state index in [0.29, 0.717) is 17.2 Å². The summed E-state index contributed by atoms with van der Waals surface area (Å²) >= 11 is 5.74. The fourth-order valence-electron chi connectivity index (χ4n) is 1.52. The molecule has 0 spiro atoms. The van der Waals surface area contributed by atoms with Crippen LogP contribution in [0, 0.1) is 6.92 Å². The number of methoxy groups -OCH3 is 1. The summed E-state index contributed by atoms with van der Waals surface area (Å²) in [4.78, 5) is 19.6. The number of hydrogen-bond acceptors (Lipinski definition) is 5. The van der Waals surface area contributed by atoms with Crippen molar-refractivity contribution in [2.24, 2.45) is 0 Å². The van der Waals surface area contributed by atoms with E-state index in [2.05, 4.69) is 20.6 Å². The summed E-state index contributed by atoms with van der Waals surface area (Å²) in [6, 6.07) is -0.456. The number of halogens is 1. The van der Waals surface area contributed by atoms with E-state index in [9.17, 15) is 4.79 Å². The molecular weight excluding hydrogens is 232 g/mol. The highest BCUT2D eigenvalue weighted by Gasteiger charge is 2.28. The van der Waals surface area contributed by atoms with Crippen LogP contribution in [0.1, 0.15) is 5.69 Å². The van der Waals surface area contributed by atoms with Gasteiger partial charge in [0.2, 0.25) is 11.2 Å².